The van der Waals surface area contributed by atoms with E-state index >= 15 is 0 Å². The first-order chi connectivity index (χ1) is 12.6. The fourth-order valence-electron chi connectivity index (χ4n) is 3.28. The molecule has 0 bridgehead atoms. The molecule has 1 N–H and O–H groups in total. The normalized spacial score (nSPS) is 15.4. The molecule has 1 fully saturated rings. The summed E-state index contributed by atoms with van der Waals surface area (Å²) in [6.45, 7) is 1.30. The predicted molar refractivity (Wildman–Crippen MR) is 97.9 cm³/mol. The van der Waals surface area contributed by atoms with Crippen LogP contribution in [-0.4, -0.2) is 48.9 Å². The van der Waals surface area contributed by atoms with Crippen LogP contribution < -0.4 is 0 Å². The van der Waals surface area contributed by atoms with Crippen LogP contribution in [0.5, 0.6) is 0 Å². The third kappa shape index (κ3) is 3.22. The van der Waals surface area contributed by atoms with Crippen molar-refractivity contribution >= 4 is 17.5 Å². The number of piperidine rings is 1. The van der Waals surface area contributed by atoms with Crippen LogP contribution in [0.25, 0.3) is 11.4 Å². The van der Waals surface area contributed by atoms with E-state index in [4.69, 9.17) is 11.6 Å². The number of likely N-dealkylation sites (tertiary alicyclic amines) is 1. The van der Waals surface area contributed by atoms with Gasteiger partial charge in [-0.1, -0.05) is 41.9 Å². The Bertz CT molecular complexity index is 911. The Morgan fingerprint density at radius 2 is 1.96 bits per heavy atom. The average Bonchev–Trinajstić information content (AvgIpc) is 3.29. The first-order valence-corrected chi connectivity index (χ1v) is 8.96. The predicted octanol–water partition coefficient (Wildman–Crippen LogP) is 2.88. The number of hydrogen-bond acceptors (Lipinski definition) is 4. The molecule has 4 rings (SSSR count). The van der Waals surface area contributed by atoms with Crippen molar-refractivity contribution in [2.45, 2.75) is 18.8 Å². The number of H-pyrrole nitrogens is 1. The third-order valence-corrected chi connectivity index (χ3v) is 4.97. The highest BCUT2D eigenvalue weighted by Crippen LogP contribution is 2.28. The molecule has 26 heavy (non-hydrogen) atoms. The number of aromatic amines is 1. The number of aryl methyl sites for hydroxylation is 1. The van der Waals surface area contributed by atoms with Crippen molar-refractivity contribution in [1.29, 1.82) is 0 Å². The molecule has 0 atom stereocenters. The fourth-order valence-corrected chi connectivity index (χ4v) is 3.54. The standard InChI is InChI=1S/C18H19ClN6O/c1-24-11-14(19)15(23-24)18(26)25-9-7-13(8-10-25)17-20-16(21-22-17)12-5-3-2-4-6-12/h2-6,11,13H,7-10H2,1H3,(H,20,21,22). The number of nitrogens with one attached hydrogen (secondary N) is 1. The number of carbonyl (C=O) groups is 1. The molecule has 0 unspecified atom stereocenters. The maximum atomic E-state index is 12.6. The van der Waals surface area contributed by atoms with Gasteiger partial charge in [0.1, 0.15) is 5.82 Å². The first kappa shape index (κ1) is 16.8. The minimum Gasteiger partial charge on any atom is -0.337 e. The summed E-state index contributed by atoms with van der Waals surface area (Å²) >= 11 is 6.09. The average molecular weight is 371 g/mol. The topological polar surface area (TPSA) is 79.7 Å². The number of nitrogens with zero attached hydrogens (tertiary/aromatic N) is 5. The second kappa shape index (κ2) is 6.92. The van der Waals surface area contributed by atoms with Gasteiger partial charge >= 0.3 is 0 Å². The van der Waals surface area contributed by atoms with Crippen LogP contribution in [0.15, 0.2) is 36.5 Å². The van der Waals surface area contributed by atoms with Gasteiger partial charge in [-0.15, -0.1) is 0 Å². The lowest BCUT2D eigenvalue weighted by Gasteiger charge is -2.30. The van der Waals surface area contributed by atoms with Gasteiger partial charge in [0.05, 0.1) is 5.02 Å². The Morgan fingerprint density at radius 3 is 2.62 bits per heavy atom. The molecule has 0 saturated carbocycles. The number of amides is 1. The maximum Gasteiger partial charge on any atom is 0.275 e. The van der Waals surface area contributed by atoms with Gasteiger partial charge in [-0.25, -0.2) is 4.98 Å². The summed E-state index contributed by atoms with van der Waals surface area (Å²) in [5.41, 5.74) is 1.31. The van der Waals surface area contributed by atoms with E-state index in [1.165, 1.54) is 0 Å². The molecule has 0 radical (unpaired) electrons. The van der Waals surface area contributed by atoms with Crippen molar-refractivity contribution < 1.29 is 4.79 Å². The number of carbonyl (C=O) groups excluding carboxylic acids is 1. The van der Waals surface area contributed by atoms with Crippen molar-refractivity contribution in [1.82, 2.24) is 29.9 Å². The van der Waals surface area contributed by atoms with Crippen molar-refractivity contribution in [2.24, 2.45) is 7.05 Å². The summed E-state index contributed by atoms with van der Waals surface area (Å²) in [7, 11) is 1.75. The summed E-state index contributed by atoms with van der Waals surface area (Å²) in [5.74, 6) is 1.74. The highest BCUT2D eigenvalue weighted by Gasteiger charge is 2.28. The lowest BCUT2D eigenvalue weighted by atomic mass is 9.96. The van der Waals surface area contributed by atoms with Gasteiger partial charge in [0, 0.05) is 37.8 Å². The van der Waals surface area contributed by atoms with E-state index < -0.39 is 0 Å². The lowest BCUT2D eigenvalue weighted by molar-refractivity contribution is 0.0704. The molecule has 0 aliphatic carbocycles. The molecule has 3 heterocycles. The monoisotopic (exact) mass is 370 g/mol. The summed E-state index contributed by atoms with van der Waals surface area (Å²) in [6, 6.07) is 9.89. The van der Waals surface area contributed by atoms with Crippen LogP contribution in [-0.2, 0) is 7.05 Å². The van der Waals surface area contributed by atoms with E-state index in [-0.39, 0.29) is 11.8 Å². The van der Waals surface area contributed by atoms with E-state index in [1.54, 1.807) is 22.8 Å². The molecule has 0 spiro atoms. The zero-order valence-electron chi connectivity index (χ0n) is 14.4. The number of hydrogen-bond donors (Lipinski definition) is 1. The number of halogens is 1. The van der Waals surface area contributed by atoms with Gasteiger partial charge in [0.25, 0.3) is 5.91 Å². The van der Waals surface area contributed by atoms with E-state index in [1.807, 2.05) is 30.3 Å². The minimum atomic E-state index is -0.114. The van der Waals surface area contributed by atoms with E-state index in [2.05, 4.69) is 20.3 Å². The maximum absolute atomic E-state index is 12.6. The van der Waals surface area contributed by atoms with Gasteiger partial charge in [-0.2, -0.15) is 10.2 Å². The molecule has 3 aromatic rings. The summed E-state index contributed by atoms with van der Waals surface area (Å²) < 4.78 is 1.56. The zero-order valence-corrected chi connectivity index (χ0v) is 15.1. The Balaban J connectivity index is 1.42. The number of benzene rings is 1. The molecular formula is C18H19ClN6O. The Labute approximate surface area is 156 Å². The minimum absolute atomic E-state index is 0.114. The smallest absolute Gasteiger partial charge is 0.275 e. The molecule has 1 aliphatic rings. The molecule has 1 saturated heterocycles. The molecule has 7 nitrogen and oxygen atoms in total. The van der Waals surface area contributed by atoms with Gasteiger partial charge < -0.3 is 4.90 Å². The molecule has 8 heteroatoms. The van der Waals surface area contributed by atoms with Crippen LogP contribution in [0, 0.1) is 0 Å². The summed E-state index contributed by atoms with van der Waals surface area (Å²) in [4.78, 5) is 19.0. The quantitative estimate of drug-likeness (QED) is 0.768. The fraction of sp³-hybridized carbons (Fsp3) is 0.333. The van der Waals surface area contributed by atoms with Gasteiger partial charge in [0.15, 0.2) is 11.5 Å². The molecular weight excluding hydrogens is 352 g/mol. The Kier molecular flexibility index (Phi) is 4.46. The Morgan fingerprint density at radius 1 is 1.23 bits per heavy atom. The van der Waals surface area contributed by atoms with Crippen LogP contribution in [0.4, 0.5) is 0 Å². The lowest BCUT2D eigenvalue weighted by Crippen LogP contribution is -2.38. The summed E-state index contributed by atoms with van der Waals surface area (Å²) in [6.07, 6.45) is 3.31. The second-order valence-electron chi connectivity index (χ2n) is 6.48. The molecule has 1 aliphatic heterocycles. The van der Waals surface area contributed by atoms with Crippen LogP contribution >= 0.6 is 11.6 Å². The van der Waals surface area contributed by atoms with E-state index in [9.17, 15) is 4.79 Å². The SMILES string of the molecule is Cn1cc(Cl)c(C(=O)N2CCC(c3nc(-c4ccccc4)n[nH]3)CC2)n1. The van der Waals surface area contributed by atoms with Gasteiger partial charge in [0.2, 0.25) is 0 Å². The molecule has 1 amide bonds. The molecule has 1 aromatic carbocycles. The molecule has 134 valence electrons. The van der Waals surface area contributed by atoms with Crippen molar-refractivity contribution in [3.63, 3.8) is 0 Å². The van der Waals surface area contributed by atoms with E-state index in [0.717, 1.165) is 24.2 Å². The van der Waals surface area contributed by atoms with E-state index in [0.29, 0.717) is 29.6 Å². The third-order valence-electron chi connectivity index (χ3n) is 4.69. The van der Waals surface area contributed by atoms with Crippen LogP contribution in [0.3, 0.4) is 0 Å². The van der Waals surface area contributed by atoms with Gasteiger partial charge in [-0.05, 0) is 12.8 Å². The molecule has 2 aromatic heterocycles. The van der Waals surface area contributed by atoms with Gasteiger partial charge in [-0.3, -0.25) is 14.6 Å². The highest BCUT2D eigenvalue weighted by molar-refractivity contribution is 6.33. The Hall–Kier alpha value is -2.67. The first-order valence-electron chi connectivity index (χ1n) is 8.58. The van der Waals surface area contributed by atoms with Crippen LogP contribution in [0.2, 0.25) is 5.02 Å². The van der Waals surface area contributed by atoms with Crippen molar-refractivity contribution in [3.8, 4) is 11.4 Å². The summed E-state index contributed by atoms with van der Waals surface area (Å²) in [5, 5.41) is 11.9. The second-order valence-corrected chi connectivity index (χ2v) is 6.88. The largest absolute Gasteiger partial charge is 0.337 e. The van der Waals surface area contributed by atoms with Crippen molar-refractivity contribution in [3.05, 3.63) is 53.1 Å². The van der Waals surface area contributed by atoms with Crippen molar-refractivity contribution in [2.75, 3.05) is 13.1 Å². The highest BCUT2D eigenvalue weighted by atomic mass is 35.5. The number of aromatic nitrogens is 5. The number of rotatable bonds is 3. The van der Waals surface area contributed by atoms with Crippen LogP contribution in [0.1, 0.15) is 35.1 Å². The zero-order chi connectivity index (χ0) is 18.1.